The molecule has 0 radical (unpaired) electrons. The van der Waals surface area contributed by atoms with Crippen molar-refractivity contribution in [2.45, 2.75) is 49.9 Å². The first-order valence-electron chi connectivity index (χ1n) is 9.58. The summed E-state index contributed by atoms with van der Waals surface area (Å²) >= 11 is 0. The van der Waals surface area contributed by atoms with E-state index in [1.54, 1.807) is 6.07 Å². The van der Waals surface area contributed by atoms with Crippen molar-refractivity contribution >= 4 is 11.6 Å². The summed E-state index contributed by atoms with van der Waals surface area (Å²) < 4.78 is 52.7. The van der Waals surface area contributed by atoms with E-state index in [1.165, 1.54) is 11.0 Å². The quantitative estimate of drug-likeness (QED) is 0.772. The number of ether oxygens (including phenoxy) is 2. The molecule has 1 amide bonds. The second-order valence-electron chi connectivity index (χ2n) is 8.62. The van der Waals surface area contributed by atoms with Gasteiger partial charge in [-0.25, -0.2) is 0 Å². The number of hydrogen-bond donors (Lipinski definition) is 1. The van der Waals surface area contributed by atoms with Crippen LogP contribution in [0.25, 0.3) is 0 Å². The molecule has 4 aliphatic heterocycles. The third-order valence-corrected chi connectivity index (χ3v) is 7.51. The first kappa shape index (κ1) is 18.9. The Labute approximate surface area is 165 Å². The lowest BCUT2D eigenvalue weighted by atomic mass is 9.60. The minimum absolute atomic E-state index is 0.0712. The van der Waals surface area contributed by atoms with Gasteiger partial charge in [-0.15, -0.1) is 0 Å². The SMILES string of the molecule is C[C@H]1[C@H](N)[C@]23CCO[C@@H]4[C@H]2[C@@H](C(=O)N4c2ccc(C#N)c(C(F)(F)F)c2)[C@@]1(C)O3. The molecule has 1 aromatic rings. The molecule has 29 heavy (non-hydrogen) atoms. The highest BCUT2D eigenvalue weighted by molar-refractivity contribution is 6.00. The fraction of sp³-hybridized carbons (Fsp3) is 0.600. The van der Waals surface area contributed by atoms with Crippen LogP contribution in [0.4, 0.5) is 18.9 Å². The van der Waals surface area contributed by atoms with Crippen LogP contribution in [0.3, 0.4) is 0 Å². The van der Waals surface area contributed by atoms with E-state index < -0.39 is 40.7 Å². The van der Waals surface area contributed by atoms with Gasteiger partial charge in [0.2, 0.25) is 5.91 Å². The molecule has 6 nitrogen and oxygen atoms in total. The third kappa shape index (κ3) is 2.09. The molecule has 1 spiro atoms. The Hall–Kier alpha value is -2.15. The first-order valence-corrected chi connectivity index (χ1v) is 9.58. The smallest absolute Gasteiger partial charge is 0.365 e. The molecule has 4 saturated heterocycles. The normalized spacial score (nSPS) is 42.9. The average molecular weight is 407 g/mol. The Morgan fingerprint density at radius 1 is 1.38 bits per heavy atom. The van der Waals surface area contributed by atoms with Gasteiger partial charge in [0.25, 0.3) is 0 Å². The van der Waals surface area contributed by atoms with Gasteiger partial charge in [0.1, 0.15) is 6.23 Å². The second kappa shape index (κ2) is 5.50. The van der Waals surface area contributed by atoms with Gasteiger partial charge in [-0.2, -0.15) is 18.4 Å². The van der Waals surface area contributed by atoms with E-state index in [1.807, 2.05) is 13.8 Å². The largest absolute Gasteiger partial charge is 0.417 e. The topological polar surface area (TPSA) is 88.6 Å². The number of hydrogen-bond acceptors (Lipinski definition) is 5. The zero-order valence-corrected chi connectivity index (χ0v) is 15.9. The van der Waals surface area contributed by atoms with Crippen molar-refractivity contribution in [2.24, 2.45) is 23.5 Å². The van der Waals surface area contributed by atoms with E-state index in [0.717, 1.165) is 12.1 Å². The fourth-order valence-corrected chi connectivity index (χ4v) is 6.06. The number of amides is 1. The van der Waals surface area contributed by atoms with Crippen LogP contribution in [-0.2, 0) is 20.4 Å². The number of anilines is 1. The number of fused-ring (bicyclic) bond motifs is 2. The maximum absolute atomic E-state index is 13.5. The Kier molecular flexibility index (Phi) is 3.58. The molecule has 0 saturated carbocycles. The van der Waals surface area contributed by atoms with Crippen molar-refractivity contribution in [3.63, 3.8) is 0 Å². The molecule has 4 heterocycles. The molecule has 0 aromatic heterocycles. The molecule has 0 unspecified atom stereocenters. The molecule has 7 atom stereocenters. The second-order valence-corrected chi connectivity index (χ2v) is 8.62. The van der Waals surface area contributed by atoms with Crippen LogP contribution in [0.15, 0.2) is 18.2 Å². The van der Waals surface area contributed by atoms with Gasteiger partial charge in [0.05, 0.1) is 40.9 Å². The predicted molar refractivity (Wildman–Crippen MR) is 94.3 cm³/mol. The zero-order chi connectivity index (χ0) is 20.9. The van der Waals surface area contributed by atoms with E-state index in [-0.39, 0.29) is 29.5 Å². The molecule has 0 aliphatic carbocycles. The van der Waals surface area contributed by atoms with Gasteiger partial charge in [-0.3, -0.25) is 9.69 Å². The van der Waals surface area contributed by atoms with Crippen molar-refractivity contribution < 1.29 is 27.4 Å². The Bertz CT molecular complexity index is 961. The van der Waals surface area contributed by atoms with Crippen LogP contribution >= 0.6 is 0 Å². The van der Waals surface area contributed by atoms with Crippen molar-refractivity contribution in [3.05, 3.63) is 29.3 Å². The Morgan fingerprint density at radius 3 is 2.76 bits per heavy atom. The predicted octanol–water partition coefficient (Wildman–Crippen LogP) is 2.41. The monoisotopic (exact) mass is 407 g/mol. The van der Waals surface area contributed by atoms with Crippen LogP contribution < -0.4 is 10.6 Å². The number of benzene rings is 1. The number of alkyl halides is 3. The number of rotatable bonds is 1. The van der Waals surface area contributed by atoms with E-state index >= 15 is 0 Å². The summed E-state index contributed by atoms with van der Waals surface area (Å²) in [6.07, 6.45) is -4.90. The highest BCUT2D eigenvalue weighted by atomic mass is 19.4. The van der Waals surface area contributed by atoms with E-state index in [2.05, 4.69) is 0 Å². The van der Waals surface area contributed by atoms with Gasteiger partial charge >= 0.3 is 6.18 Å². The molecule has 9 heteroatoms. The summed E-state index contributed by atoms with van der Waals surface area (Å²) in [5.41, 5.74) is 3.51. The lowest BCUT2D eigenvalue weighted by Crippen LogP contribution is -2.62. The minimum Gasteiger partial charge on any atom is -0.365 e. The minimum atomic E-state index is -4.71. The number of nitrogens with two attached hydrogens (primary N) is 1. The highest BCUT2D eigenvalue weighted by Crippen LogP contribution is 2.66. The zero-order valence-electron chi connectivity index (χ0n) is 15.9. The summed E-state index contributed by atoms with van der Waals surface area (Å²) in [7, 11) is 0. The molecule has 2 N–H and O–H groups in total. The van der Waals surface area contributed by atoms with E-state index in [0.29, 0.717) is 13.0 Å². The summed E-state index contributed by atoms with van der Waals surface area (Å²) in [4.78, 5) is 14.8. The molecular weight excluding hydrogens is 387 g/mol. The van der Waals surface area contributed by atoms with Gasteiger partial charge in [0.15, 0.2) is 0 Å². The third-order valence-electron chi connectivity index (χ3n) is 7.51. The molecule has 4 fully saturated rings. The summed E-state index contributed by atoms with van der Waals surface area (Å²) in [6.45, 7) is 4.13. The van der Waals surface area contributed by atoms with Crippen molar-refractivity contribution in [1.82, 2.24) is 0 Å². The Balaban J connectivity index is 1.64. The maximum atomic E-state index is 13.5. The molecule has 2 bridgehead atoms. The van der Waals surface area contributed by atoms with Crippen LogP contribution in [0.5, 0.6) is 0 Å². The van der Waals surface area contributed by atoms with Gasteiger partial charge in [-0.05, 0) is 25.1 Å². The summed E-state index contributed by atoms with van der Waals surface area (Å²) in [5, 5.41) is 9.05. The maximum Gasteiger partial charge on any atom is 0.417 e. The van der Waals surface area contributed by atoms with Crippen LogP contribution in [-0.4, -0.2) is 36.0 Å². The highest BCUT2D eigenvalue weighted by Gasteiger charge is 2.79. The van der Waals surface area contributed by atoms with Crippen molar-refractivity contribution in [3.8, 4) is 6.07 Å². The Morgan fingerprint density at radius 2 is 2.10 bits per heavy atom. The number of nitrogens with zero attached hydrogens (tertiary/aromatic N) is 2. The lowest BCUT2D eigenvalue weighted by molar-refractivity contribution is -0.143. The lowest BCUT2D eigenvalue weighted by Gasteiger charge is -2.45. The molecule has 1 aromatic carbocycles. The molecular formula is C20H20F3N3O3. The molecule has 154 valence electrons. The van der Waals surface area contributed by atoms with Crippen molar-refractivity contribution in [1.29, 1.82) is 5.26 Å². The number of nitriles is 1. The van der Waals surface area contributed by atoms with E-state index in [9.17, 15) is 18.0 Å². The number of carbonyl (C=O) groups excluding carboxylic acids is 1. The number of carbonyl (C=O) groups is 1. The summed E-state index contributed by atoms with van der Waals surface area (Å²) in [6, 6.07) is 4.61. The van der Waals surface area contributed by atoms with Gasteiger partial charge in [0, 0.05) is 30.0 Å². The average Bonchev–Trinajstić information content (AvgIpc) is 3.20. The van der Waals surface area contributed by atoms with Crippen LogP contribution in [0.1, 0.15) is 31.4 Å². The van der Waals surface area contributed by atoms with E-state index in [4.69, 9.17) is 20.5 Å². The molecule has 5 rings (SSSR count). The fourth-order valence-electron chi connectivity index (χ4n) is 6.06. The van der Waals surface area contributed by atoms with Crippen LogP contribution in [0, 0.1) is 29.1 Å². The molecule has 4 aliphatic rings. The van der Waals surface area contributed by atoms with Crippen LogP contribution in [0.2, 0.25) is 0 Å². The first-order chi connectivity index (χ1) is 13.6. The standard InChI is InChI=1S/C20H20F3N3O3/c1-9-15(25)19-5-6-28-17-14(19)13(18(9,2)29-19)16(27)26(17)11-4-3-10(8-24)12(7-11)20(21,22)23/h3-4,7,9,13-15,17H,5-6,25H2,1-2H3/t9-,13-,14+,15-,17+,18-,19-/m0/s1. The van der Waals surface area contributed by atoms with Crippen molar-refractivity contribution in [2.75, 3.05) is 11.5 Å². The summed E-state index contributed by atoms with van der Waals surface area (Å²) in [5.74, 6) is -1.27. The van der Waals surface area contributed by atoms with Gasteiger partial charge < -0.3 is 15.2 Å². The van der Waals surface area contributed by atoms with Gasteiger partial charge in [-0.1, -0.05) is 6.92 Å². The number of halogens is 3.